The van der Waals surface area contributed by atoms with Crippen molar-refractivity contribution in [3.63, 3.8) is 0 Å². The molecule has 1 saturated heterocycles. The standard InChI is InChI=1S/C25H26N2O3S/c28-23-19-8-4-5-9-20(19)24(29)22-16-17(10-11-21(22)23)25(30)26-12-14-27(15-13-26)31-18-6-2-1-3-7-18/h4-5,8-11,16,18H,1-3,6-7,12-15H2. The maximum Gasteiger partial charge on any atom is 0.253 e. The van der Waals surface area contributed by atoms with Crippen molar-refractivity contribution in [2.75, 3.05) is 26.2 Å². The quantitative estimate of drug-likeness (QED) is 0.578. The van der Waals surface area contributed by atoms with Gasteiger partial charge in [0, 0.05) is 59.2 Å². The fourth-order valence-corrected chi connectivity index (χ4v) is 6.13. The van der Waals surface area contributed by atoms with Crippen molar-refractivity contribution in [2.24, 2.45) is 0 Å². The zero-order valence-corrected chi connectivity index (χ0v) is 18.3. The van der Waals surface area contributed by atoms with E-state index in [0.29, 0.717) is 40.9 Å². The Morgan fingerprint density at radius 3 is 2.06 bits per heavy atom. The van der Waals surface area contributed by atoms with Crippen molar-refractivity contribution in [3.05, 3.63) is 70.3 Å². The van der Waals surface area contributed by atoms with Crippen molar-refractivity contribution >= 4 is 29.4 Å². The molecule has 1 amide bonds. The van der Waals surface area contributed by atoms with Crippen LogP contribution in [0.5, 0.6) is 0 Å². The normalized spacial score (nSPS) is 19.8. The van der Waals surface area contributed by atoms with Gasteiger partial charge in [0.2, 0.25) is 0 Å². The number of ketones is 2. The Labute approximate surface area is 186 Å². The van der Waals surface area contributed by atoms with Crippen LogP contribution in [-0.2, 0) is 0 Å². The molecule has 6 heteroatoms. The van der Waals surface area contributed by atoms with Gasteiger partial charge in [-0.25, -0.2) is 4.31 Å². The molecule has 3 aliphatic rings. The van der Waals surface area contributed by atoms with Crippen LogP contribution >= 0.6 is 11.9 Å². The summed E-state index contributed by atoms with van der Waals surface area (Å²) in [7, 11) is 0. The molecule has 0 atom stereocenters. The molecule has 0 bridgehead atoms. The Hall–Kier alpha value is -2.44. The number of amides is 1. The number of fused-ring (bicyclic) bond motifs is 2. The third kappa shape index (κ3) is 3.94. The number of hydrogen-bond donors (Lipinski definition) is 0. The molecule has 1 saturated carbocycles. The van der Waals surface area contributed by atoms with Gasteiger partial charge in [-0.1, -0.05) is 55.5 Å². The van der Waals surface area contributed by atoms with Crippen LogP contribution in [0.15, 0.2) is 42.5 Å². The van der Waals surface area contributed by atoms with Gasteiger partial charge in [0.15, 0.2) is 11.6 Å². The van der Waals surface area contributed by atoms with Crippen molar-refractivity contribution in [1.29, 1.82) is 0 Å². The first-order valence-corrected chi connectivity index (χ1v) is 12.0. The lowest BCUT2D eigenvalue weighted by Crippen LogP contribution is -2.47. The number of rotatable bonds is 3. The molecule has 2 aromatic rings. The van der Waals surface area contributed by atoms with Gasteiger partial charge in [-0.15, -0.1) is 0 Å². The van der Waals surface area contributed by atoms with Crippen LogP contribution in [0.2, 0.25) is 0 Å². The molecule has 5 nitrogen and oxygen atoms in total. The highest BCUT2D eigenvalue weighted by Crippen LogP contribution is 2.32. The minimum atomic E-state index is -0.187. The molecule has 2 aromatic carbocycles. The van der Waals surface area contributed by atoms with Gasteiger partial charge < -0.3 is 4.90 Å². The first-order valence-electron chi connectivity index (χ1n) is 11.2. The zero-order valence-electron chi connectivity index (χ0n) is 17.5. The fourth-order valence-electron chi connectivity index (χ4n) is 4.79. The van der Waals surface area contributed by atoms with E-state index in [0.717, 1.165) is 18.3 Å². The second-order valence-corrected chi connectivity index (χ2v) is 9.94. The SMILES string of the molecule is O=C1c2ccccc2C(=O)c2cc(C(=O)N3CCN(SC4CCCCC4)CC3)ccc21. The van der Waals surface area contributed by atoms with Gasteiger partial charge in [-0.3, -0.25) is 14.4 Å². The zero-order chi connectivity index (χ0) is 21.4. The summed E-state index contributed by atoms with van der Waals surface area (Å²) in [5, 5.41) is 0.725. The molecule has 2 fully saturated rings. The van der Waals surface area contributed by atoms with E-state index in [4.69, 9.17) is 0 Å². The summed E-state index contributed by atoms with van der Waals surface area (Å²) in [6.45, 7) is 3.10. The lowest BCUT2D eigenvalue weighted by atomic mass is 9.83. The van der Waals surface area contributed by atoms with E-state index >= 15 is 0 Å². The van der Waals surface area contributed by atoms with Gasteiger partial charge in [0.1, 0.15) is 0 Å². The third-order valence-corrected chi connectivity index (χ3v) is 7.98. The largest absolute Gasteiger partial charge is 0.336 e. The highest BCUT2D eigenvalue weighted by Gasteiger charge is 2.31. The van der Waals surface area contributed by atoms with Crippen molar-refractivity contribution in [1.82, 2.24) is 9.21 Å². The van der Waals surface area contributed by atoms with Crippen LogP contribution < -0.4 is 0 Å². The van der Waals surface area contributed by atoms with Crippen LogP contribution in [0.1, 0.15) is 74.3 Å². The molecule has 160 valence electrons. The number of piperazine rings is 1. The predicted octanol–water partition coefficient (Wildman–Crippen LogP) is 4.20. The number of carbonyl (C=O) groups is 3. The van der Waals surface area contributed by atoms with E-state index in [9.17, 15) is 14.4 Å². The molecule has 0 unspecified atom stereocenters. The van der Waals surface area contributed by atoms with Gasteiger partial charge in [0.05, 0.1) is 0 Å². The summed E-state index contributed by atoms with van der Waals surface area (Å²) in [6.07, 6.45) is 6.63. The van der Waals surface area contributed by atoms with E-state index in [1.807, 2.05) is 16.8 Å². The number of benzene rings is 2. The molecule has 1 heterocycles. The Kier molecular flexibility index (Phi) is 5.67. The molecule has 0 aromatic heterocycles. The molecule has 0 N–H and O–H groups in total. The second-order valence-electron chi connectivity index (χ2n) is 8.55. The monoisotopic (exact) mass is 434 g/mol. The van der Waals surface area contributed by atoms with E-state index in [-0.39, 0.29) is 17.5 Å². The smallest absolute Gasteiger partial charge is 0.253 e. The maximum absolute atomic E-state index is 13.1. The van der Waals surface area contributed by atoms with Gasteiger partial charge in [-0.2, -0.15) is 0 Å². The van der Waals surface area contributed by atoms with Crippen molar-refractivity contribution < 1.29 is 14.4 Å². The van der Waals surface area contributed by atoms with Crippen LogP contribution in [-0.4, -0.2) is 58.1 Å². The fraction of sp³-hybridized carbons (Fsp3) is 0.400. The molecule has 31 heavy (non-hydrogen) atoms. The third-order valence-electron chi connectivity index (χ3n) is 6.55. The average Bonchev–Trinajstić information content (AvgIpc) is 2.83. The summed E-state index contributed by atoms with van der Waals surface area (Å²) in [4.78, 5) is 40.7. The number of hydrogen-bond acceptors (Lipinski definition) is 5. The minimum absolute atomic E-state index is 0.0655. The summed E-state index contributed by atoms with van der Waals surface area (Å²) in [5.74, 6) is -0.407. The van der Waals surface area contributed by atoms with E-state index < -0.39 is 0 Å². The molecular weight excluding hydrogens is 408 g/mol. The average molecular weight is 435 g/mol. The maximum atomic E-state index is 13.1. The molecule has 1 aliphatic heterocycles. The Morgan fingerprint density at radius 2 is 1.39 bits per heavy atom. The summed E-state index contributed by atoms with van der Waals surface area (Å²) >= 11 is 1.98. The molecule has 2 aliphatic carbocycles. The molecule has 0 spiro atoms. The summed E-state index contributed by atoms with van der Waals surface area (Å²) < 4.78 is 2.41. The highest BCUT2D eigenvalue weighted by atomic mass is 32.2. The second kappa shape index (κ2) is 8.60. The number of nitrogens with zero attached hydrogens (tertiary/aromatic N) is 2. The van der Waals surface area contributed by atoms with E-state index in [1.54, 1.807) is 42.5 Å². The first kappa shape index (κ1) is 20.5. The lowest BCUT2D eigenvalue weighted by molar-refractivity contribution is 0.0703. The van der Waals surface area contributed by atoms with Crippen LogP contribution in [0.4, 0.5) is 0 Å². The first-order chi connectivity index (χ1) is 15.1. The van der Waals surface area contributed by atoms with Gasteiger partial charge in [0.25, 0.3) is 5.91 Å². The Morgan fingerprint density at radius 1 is 0.774 bits per heavy atom. The summed E-state index contributed by atoms with van der Waals surface area (Å²) in [5.41, 5.74) is 2.05. The predicted molar refractivity (Wildman–Crippen MR) is 122 cm³/mol. The Balaban J connectivity index is 1.28. The van der Waals surface area contributed by atoms with E-state index in [1.165, 1.54) is 32.1 Å². The summed E-state index contributed by atoms with van der Waals surface area (Å²) in [6, 6.07) is 11.8. The Bertz CT molecular complexity index is 1040. The molecular formula is C25H26N2O3S. The van der Waals surface area contributed by atoms with E-state index in [2.05, 4.69) is 4.31 Å². The molecule has 0 radical (unpaired) electrons. The van der Waals surface area contributed by atoms with Crippen LogP contribution in [0.25, 0.3) is 0 Å². The van der Waals surface area contributed by atoms with Crippen LogP contribution in [0.3, 0.4) is 0 Å². The van der Waals surface area contributed by atoms with Gasteiger partial charge in [-0.05, 0) is 31.0 Å². The lowest BCUT2D eigenvalue weighted by Gasteiger charge is -2.36. The van der Waals surface area contributed by atoms with Crippen molar-refractivity contribution in [3.8, 4) is 0 Å². The topological polar surface area (TPSA) is 57.7 Å². The van der Waals surface area contributed by atoms with Gasteiger partial charge >= 0.3 is 0 Å². The van der Waals surface area contributed by atoms with Crippen LogP contribution in [0, 0.1) is 0 Å². The highest BCUT2D eigenvalue weighted by molar-refractivity contribution is 7.97. The molecule has 5 rings (SSSR count). The minimum Gasteiger partial charge on any atom is -0.336 e. The number of carbonyl (C=O) groups excluding carboxylic acids is 3. The van der Waals surface area contributed by atoms with Crippen molar-refractivity contribution in [2.45, 2.75) is 37.4 Å².